The molecule has 39 heavy (non-hydrogen) atoms. The van der Waals surface area contributed by atoms with Crippen LogP contribution in [0, 0.1) is 0 Å². The molecule has 208 valence electrons. The zero-order chi connectivity index (χ0) is 28.2. The number of rotatable bonds is 9. The molecule has 3 N–H and O–H groups in total. The van der Waals surface area contributed by atoms with Gasteiger partial charge >= 0.3 is 6.36 Å². The molecule has 1 aromatic heterocycles. The number of nitrogens with zero attached hydrogens (tertiary/aromatic N) is 3. The number of piperidine rings is 1. The van der Waals surface area contributed by atoms with Crippen molar-refractivity contribution in [3.8, 4) is 22.6 Å². The van der Waals surface area contributed by atoms with Crippen molar-refractivity contribution < 1.29 is 37.3 Å². The van der Waals surface area contributed by atoms with Gasteiger partial charge in [0, 0.05) is 37.7 Å². The van der Waals surface area contributed by atoms with Crippen LogP contribution in [-0.4, -0.2) is 63.3 Å². The maximum absolute atomic E-state index is 12.7. The van der Waals surface area contributed by atoms with Gasteiger partial charge in [-0.3, -0.25) is 14.3 Å². The average Bonchev–Trinajstić information content (AvgIpc) is 3.32. The number of aliphatic hydroxyl groups excluding tert-OH is 1. The Morgan fingerprint density at radius 2 is 1.82 bits per heavy atom. The van der Waals surface area contributed by atoms with Crippen molar-refractivity contribution in [2.75, 3.05) is 13.1 Å². The third kappa shape index (κ3) is 7.73. The summed E-state index contributed by atoms with van der Waals surface area (Å²) in [5.41, 5.74) is 7.92. The number of halogens is 3. The third-order valence-corrected chi connectivity index (χ3v) is 6.26. The summed E-state index contributed by atoms with van der Waals surface area (Å²) in [4.78, 5) is 26.6. The summed E-state index contributed by atoms with van der Waals surface area (Å²) in [6.07, 6.45) is -1.01. The molecule has 2 aromatic carbocycles. The predicted octanol–water partition coefficient (Wildman–Crippen LogP) is 3.54. The van der Waals surface area contributed by atoms with Crippen LogP contribution < -0.4 is 15.2 Å². The van der Waals surface area contributed by atoms with Gasteiger partial charge in [-0.05, 0) is 42.3 Å². The molecule has 4 rings (SSSR count). The molecule has 0 saturated carbocycles. The Labute approximate surface area is 222 Å². The van der Waals surface area contributed by atoms with Crippen LogP contribution in [-0.2, 0) is 17.8 Å². The van der Waals surface area contributed by atoms with E-state index in [1.54, 1.807) is 47.1 Å². The summed E-state index contributed by atoms with van der Waals surface area (Å²) >= 11 is 0. The van der Waals surface area contributed by atoms with E-state index in [0.29, 0.717) is 43.8 Å². The summed E-state index contributed by atoms with van der Waals surface area (Å²) in [6.45, 7) is 2.88. The second-order valence-electron chi connectivity index (χ2n) is 9.44. The Balaban J connectivity index is 1.33. The standard InChI is InChI=1S/C27H29F3N4O5/c1-17(35)15-34-16-20(14-32-34)19-4-7-24(23(13-19)26(31)37)38-21-8-10-33(11-9-21)25(36)12-18-2-5-22(6-3-18)39-27(28,29)30/h2-7,13-14,16-17,21,35H,8-12,15H2,1H3,(H2,31,37). The number of aliphatic hydroxyl groups is 1. The van der Waals surface area contributed by atoms with E-state index in [9.17, 15) is 27.9 Å². The van der Waals surface area contributed by atoms with E-state index in [1.807, 2.05) is 0 Å². The molecule has 0 radical (unpaired) electrons. The summed E-state index contributed by atoms with van der Waals surface area (Å²) < 4.78 is 48.5. The Bertz CT molecular complexity index is 1300. The van der Waals surface area contributed by atoms with E-state index in [4.69, 9.17) is 10.5 Å². The molecular formula is C27H29F3N4O5. The number of primary amides is 1. The summed E-state index contributed by atoms with van der Waals surface area (Å²) in [5, 5.41) is 13.8. The van der Waals surface area contributed by atoms with Crippen LogP contribution in [0.4, 0.5) is 13.2 Å². The van der Waals surface area contributed by atoms with Crippen molar-refractivity contribution in [3.05, 3.63) is 66.0 Å². The number of amides is 2. The Morgan fingerprint density at radius 1 is 1.13 bits per heavy atom. The molecule has 9 nitrogen and oxygen atoms in total. The summed E-state index contributed by atoms with van der Waals surface area (Å²) in [5.74, 6) is -0.765. The molecule has 0 spiro atoms. The second-order valence-corrected chi connectivity index (χ2v) is 9.44. The third-order valence-electron chi connectivity index (χ3n) is 6.26. The van der Waals surface area contributed by atoms with Gasteiger partial charge in [-0.1, -0.05) is 18.2 Å². The maximum Gasteiger partial charge on any atom is 0.573 e. The normalized spacial score (nSPS) is 15.2. The second kappa shape index (κ2) is 11.8. The molecule has 2 amide bonds. The summed E-state index contributed by atoms with van der Waals surface area (Å²) in [7, 11) is 0. The molecule has 1 aliphatic heterocycles. The average molecular weight is 547 g/mol. The van der Waals surface area contributed by atoms with E-state index in [-0.39, 0.29) is 29.7 Å². The van der Waals surface area contributed by atoms with Crippen LogP contribution in [0.1, 0.15) is 35.7 Å². The van der Waals surface area contributed by atoms with Gasteiger partial charge in [-0.25, -0.2) is 0 Å². The first kappa shape index (κ1) is 28.0. The van der Waals surface area contributed by atoms with Crippen LogP contribution in [0.15, 0.2) is 54.9 Å². The number of nitrogens with two attached hydrogens (primary N) is 1. The van der Waals surface area contributed by atoms with Gasteiger partial charge in [0.25, 0.3) is 5.91 Å². The highest BCUT2D eigenvalue weighted by atomic mass is 19.4. The first-order chi connectivity index (χ1) is 18.5. The monoisotopic (exact) mass is 546 g/mol. The van der Waals surface area contributed by atoms with E-state index < -0.39 is 18.4 Å². The maximum atomic E-state index is 12.7. The van der Waals surface area contributed by atoms with Gasteiger partial charge in [0.1, 0.15) is 17.6 Å². The van der Waals surface area contributed by atoms with Gasteiger partial charge < -0.3 is 25.2 Å². The van der Waals surface area contributed by atoms with E-state index in [0.717, 1.165) is 11.1 Å². The molecule has 1 fully saturated rings. The smallest absolute Gasteiger partial charge is 0.489 e. The van der Waals surface area contributed by atoms with Gasteiger partial charge in [-0.2, -0.15) is 5.10 Å². The number of likely N-dealkylation sites (tertiary alicyclic amines) is 1. The molecule has 0 bridgehead atoms. The van der Waals surface area contributed by atoms with Crippen molar-refractivity contribution in [1.82, 2.24) is 14.7 Å². The van der Waals surface area contributed by atoms with Gasteiger partial charge in [0.15, 0.2) is 0 Å². The van der Waals surface area contributed by atoms with E-state index >= 15 is 0 Å². The first-order valence-corrected chi connectivity index (χ1v) is 12.4. The van der Waals surface area contributed by atoms with Crippen molar-refractivity contribution >= 4 is 11.8 Å². The van der Waals surface area contributed by atoms with Gasteiger partial charge in [0.05, 0.1) is 30.8 Å². The molecule has 1 aliphatic rings. The van der Waals surface area contributed by atoms with Crippen molar-refractivity contribution in [1.29, 1.82) is 0 Å². The minimum absolute atomic E-state index is 0.0545. The minimum Gasteiger partial charge on any atom is -0.489 e. The lowest BCUT2D eigenvalue weighted by atomic mass is 10.0. The quantitative estimate of drug-likeness (QED) is 0.424. The number of aromatic nitrogens is 2. The Morgan fingerprint density at radius 3 is 2.44 bits per heavy atom. The van der Waals surface area contributed by atoms with Crippen molar-refractivity contribution in [3.63, 3.8) is 0 Å². The number of carbonyl (C=O) groups is 2. The molecule has 12 heteroatoms. The highest BCUT2D eigenvalue weighted by Gasteiger charge is 2.31. The number of hydrogen-bond donors (Lipinski definition) is 2. The van der Waals surface area contributed by atoms with Crippen molar-refractivity contribution in [2.24, 2.45) is 5.73 Å². The fourth-order valence-electron chi connectivity index (χ4n) is 4.39. The van der Waals surface area contributed by atoms with Gasteiger partial charge in [0.2, 0.25) is 5.91 Å². The predicted molar refractivity (Wildman–Crippen MR) is 135 cm³/mol. The molecule has 1 atom stereocenters. The van der Waals surface area contributed by atoms with E-state index in [2.05, 4.69) is 9.84 Å². The number of benzene rings is 2. The Hall–Kier alpha value is -4.06. The van der Waals surface area contributed by atoms with Crippen LogP contribution in [0.5, 0.6) is 11.5 Å². The molecular weight excluding hydrogens is 517 g/mol. The molecule has 1 unspecified atom stereocenters. The highest BCUT2D eigenvalue weighted by Crippen LogP contribution is 2.29. The number of ether oxygens (including phenoxy) is 2. The number of alkyl halides is 3. The lowest BCUT2D eigenvalue weighted by Gasteiger charge is -2.32. The van der Waals surface area contributed by atoms with Crippen LogP contribution in [0.3, 0.4) is 0 Å². The first-order valence-electron chi connectivity index (χ1n) is 12.4. The number of hydrogen-bond acceptors (Lipinski definition) is 6. The van der Waals surface area contributed by atoms with Crippen LogP contribution >= 0.6 is 0 Å². The fourth-order valence-corrected chi connectivity index (χ4v) is 4.39. The minimum atomic E-state index is -4.77. The highest BCUT2D eigenvalue weighted by molar-refractivity contribution is 5.97. The molecule has 2 heterocycles. The van der Waals surface area contributed by atoms with Crippen LogP contribution in [0.25, 0.3) is 11.1 Å². The zero-order valence-corrected chi connectivity index (χ0v) is 21.2. The molecule has 1 saturated heterocycles. The van der Waals surface area contributed by atoms with Crippen molar-refractivity contribution in [2.45, 2.75) is 51.3 Å². The largest absolute Gasteiger partial charge is 0.573 e. The van der Waals surface area contributed by atoms with Crippen LogP contribution in [0.2, 0.25) is 0 Å². The summed E-state index contributed by atoms with van der Waals surface area (Å²) in [6, 6.07) is 10.4. The topological polar surface area (TPSA) is 120 Å². The van der Waals surface area contributed by atoms with Gasteiger partial charge in [-0.15, -0.1) is 13.2 Å². The zero-order valence-electron chi connectivity index (χ0n) is 21.2. The lowest BCUT2D eigenvalue weighted by Crippen LogP contribution is -2.42. The lowest BCUT2D eigenvalue weighted by molar-refractivity contribution is -0.274. The Kier molecular flexibility index (Phi) is 8.44. The van der Waals surface area contributed by atoms with E-state index in [1.165, 1.54) is 24.3 Å². The number of carbonyl (C=O) groups excluding carboxylic acids is 2. The molecule has 3 aromatic rings. The molecule has 0 aliphatic carbocycles. The SMILES string of the molecule is CC(O)Cn1cc(-c2ccc(OC3CCN(C(=O)Cc4ccc(OC(F)(F)F)cc4)CC3)c(C(N)=O)c2)cn1. The fraction of sp³-hybridized carbons (Fsp3) is 0.370.